The van der Waals surface area contributed by atoms with Gasteiger partial charge in [-0.05, 0) is 12.5 Å². The number of carbonyl (C=O) groups excluding carboxylic acids is 4. The number of carbonyl (C=O) groups is 4. The van der Waals surface area contributed by atoms with Gasteiger partial charge in [-0.2, -0.15) is 5.06 Å². The van der Waals surface area contributed by atoms with E-state index in [2.05, 4.69) is 24.1 Å². The number of hydrogen-bond acceptors (Lipinski definition) is 5. The van der Waals surface area contributed by atoms with Crippen molar-refractivity contribution < 1.29 is 24.0 Å². The van der Waals surface area contributed by atoms with Gasteiger partial charge < -0.3 is 14.5 Å². The van der Waals surface area contributed by atoms with Gasteiger partial charge in [0.15, 0.2) is 0 Å². The van der Waals surface area contributed by atoms with E-state index in [0.717, 1.165) is 23.7 Å². The molecule has 0 saturated heterocycles. The molecule has 0 aromatic rings. The van der Waals surface area contributed by atoms with E-state index in [1.54, 1.807) is 17.1 Å². The first-order chi connectivity index (χ1) is 12.0. The van der Waals surface area contributed by atoms with Crippen LogP contribution in [-0.2, 0) is 24.0 Å². The molecule has 7 nitrogen and oxygen atoms in total. The minimum absolute atomic E-state index is 0.0626. The van der Waals surface area contributed by atoms with Gasteiger partial charge in [0, 0.05) is 32.5 Å². The van der Waals surface area contributed by atoms with Crippen LogP contribution in [-0.4, -0.2) is 48.1 Å². The molecule has 1 rings (SSSR count). The second-order valence-electron chi connectivity index (χ2n) is 5.24. The quantitative estimate of drug-likeness (QED) is 0.261. The van der Waals surface area contributed by atoms with Crippen molar-refractivity contribution in [2.24, 2.45) is 0 Å². The smallest absolute Gasteiger partial charge is 0.320 e. The predicted octanol–water partition coefficient (Wildman–Crippen LogP) is 2.15. The lowest BCUT2D eigenvalue weighted by atomic mass is 10.2. The van der Waals surface area contributed by atoms with E-state index < -0.39 is 5.91 Å². The van der Waals surface area contributed by atoms with Gasteiger partial charge in [-0.25, -0.2) is 0 Å². The molecule has 0 radical (unpaired) electrons. The van der Waals surface area contributed by atoms with E-state index in [-0.39, 0.29) is 25.2 Å². The summed E-state index contributed by atoms with van der Waals surface area (Å²) in [4.78, 5) is 47.6. The van der Waals surface area contributed by atoms with E-state index in [1.165, 1.54) is 26.3 Å². The first kappa shape index (κ1) is 22.3. The molecule has 0 bridgehead atoms. The highest BCUT2D eigenvalue weighted by atomic mass is 16.7. The topological polar surface area (TPSA) is 84.0 Å². The van der Waals surface area contributed by atoms with Crippen LogP contribution >= 0.6 is 0 Å². The normalized spacial score (nSPS) is 12.2. The van der Waals surface area contributed by atoms with E-state index in [4.69, 9.17) is 0 Å². The van der Waals surface area contributed by atoms with Crippen LogP contribution in [0.1, 0.15) is 45.4 Å². The summed E-state index contributed by atoms with van der Waals surface area (Å²) in [5, 5.41) is 0.788. The maximum atomic E-state index is 11.4. The minimum Gasteiger partial charge on any atom is -0.342 e. The molecule has 0 N–H and O–H groups in total. The van der Waals surface area contributed by atoms with Gasteiger partial charge in [-0.1, -0.05) is 32.8 Å². The van der Waals surface area contributed by atoms with Gasteiger partial charge in [-0.3, -0.25) is 14.4 Å². The van der Waals surface area contributed by atoms with Crippen molar-refractivity contribution in [2.75, 3.05) is 13.6 Å². The fraction of sp³-hybridized carbons (Fsp3) is 0.500. The average Bonchev–Trinajstić information content (AvgIpc) is 2.97. The number of amides is 2. The number of hydroxylamine groups is 2. The van der Waals surface area contributed by atoms with Gasteiger partial charge in [-0.15, -0.1) is 5.73 Å². The van der Waals surface area contributed by atoms with Crippen molar-refractivity contribution in [2.45, 2.75) is 45.4 Å². The number of rotatable bonds is 10. The monoisotopic (exact) mass is 350 g/mol. The van der Waals surface area contributed by atoms with Crippen molar-refractivity contribution >= 4 is 24.6 Å². The zero-order valence-electron chi connectivity index (χ0n) is 14.9. The van der Waals surface area contributed by atoms with E-state index >= 15 is 0 Å². The summed E-state index contributed by atoms with van der Waals surface area (Å²) in [5.74, 6) is -0.336. The molecule has 1 heterocycles. The third kappa shape index (κ3) is 9.27. The molecular weight excluding hydrogens is 324 g/mol. The Hall–Kier alpha value is -2.66. The van der Waals surface area contributed by atoms with Crippen molar-refractivity contribution in [3.05, 3.63) is 30.2 Å². The van der Waals surface area contributed by atoms with Crippen LogP contribution in [0.2, 0.25) is 0 Å². The SMILES string of the molecule is C=C=C1C=CC(=O)N1CCCCCC.CN(OC=O)C(=O)CCC=O. The molecule has 0 saturated carbocycles. The number of allylic oxidation sites excluding steroid dienone is 1. The molecule has 138 valence electrons. The van der Waals surface area contributed by atoms with Gasteiger partial charge in [0.05, 0.1) is 5.70 Å². The third-order valence-corrected chi connectivity index (χ3v) is 3.39. The molecule has 0 fully saturated rings. The van der Waals surface area contributed by atoms with Crippen molar-refractivity contribution in [3.63, 3.8) is 0 Å². The molecule has 0 aromatic carbocycles. The van der Waals surface area contributed by atoms with Crippen molar-refractivity contribution in [3.8, 4) is 0 Å². The highest BCUT2D eigenvalue weighted by molar-refractivity contribution is 5.93. The maximum Gasteiger partial charge on any atom is 0.320 e. The largest absolute Gasteiger partial charge is 0.342 e. The molecule has 0 unspecified atom stereocenters. The first-order valence-electron chi connectivity index (χ1n) is 8.22. The minimum atomic E-state index is -0.399. The zero-order chi connectivity index (χ0) is 19.1. The van der Waals surface area contributed by atoms with Crippen LogP contribution < -0.4 is 0 Å². The molecule has 0 aromatic heterocycles. The fourth-order valence-corrected chi connectivity index (χ4v) is 1.99. The number of aldehydes is 1. The number of hydrogen-bond donors (Lipinski definition) is 0. The summed E-state index contributed by atoms with van der Waals surface area (Å²) < 4.78 is 0. The molecule has 0 atom stereocenters. The Labute approximate surface area is 148 Å². The van der Waals surface area contributed by atoms with Gasteiger partial charge in [0.1, 0.15) is 6.29 Å². The predicted molar refractivity (Wildman–Crippen MR) is 92.9 cm³/mol. The third-order valence-electron chi connectivity index (χ3n) is 3.39. The summed E-state index contributed by atoms with van der Waals surface area (Å²) in [6.45, 7) is 6.69. The lowest BCUT2D eigenvalue weighted by Crippen LogP contribution is -2.26. The fourth-order valence-electron chi connectivity index (χ4n) is 1.99. The van der Waals surface area contributed by atoms with Crippen LogP contribution in [0.4, 0.5) is 0 Å². The molecule has 7 heteroatoms. The summed E-state index contributed by atoms with van der Waals surface area (Å²) in [6.07, 6.45) is 8.89. The Bertz CT molecular complexity index is 536. The lowest BCUT2D eigenvalue weighted by molar-refractivity contribution is -0.181. The Morgan fingerprint density at radius 2 is 2.04 bits per heavy atom. The van der Waals surface area contributed by atoms with Crippen LogP contribution in [0.15, 0.2) is 30.2 Å². The molecule has 2 amide bonds. The molecule has 25 heavy (non-hydrogen) atoms. The van der Waals surface area contributed by atoms with Crippen LogP contribution in [0.5, 0.6) is 0 Å². The Kier molecular flexibility index (Phi) is 12.3. The standard InChI is InChI=1S/C12H17NO.C6H9NO4/c1-3-5-6-7-10-13-11(4-2)8-9-12(13)14;1-7(11-5-9)6(10)3-2-4-8/h8-9H,2-3,5-7,10H2,1H3;4-5H,2-3H2,1H3. The number of unbranched alkanes of at least 4 members (excludes halogenated alkanes) is 3. The van der Waals surface area contributed by atoms with E-state index in [9.17, 15) is 19.2 Å². The van der Waals surface area contributed by atoms with E-state index in [1.807, 2.05) is 0 Å². The molecule has 1 aliphatic rings. The molecule has 0 aliphatic carbocycles. The maximum absolute atomic E-state index is 11.4. The number of nitrogens with zero attached hydrogens (tertiary/aromatic N) is 2. The Morgan fingerprint density at radius 1 is 1.32 bits per heavy atom. The second-order valence-corrected chi connectivity index (χ2v) is 5.24. The van der Waals surface area contributed by atoms with Crippen LogP contribution in [0, 0.1) is 0 Å². The van der Waals surface area contributed by atoms with Crippen molar-refractivity contribution in [1.82, 2.24) is 9.96 Å². The second kappa shape index (κ2) is 13.7. The van der Waals surface area contributed by atoms with Gasteiger partial charge in [0.25, 0.3) is 11.8 Å². The highest BCUT2D eigenvalue weighted by Crippen LogP contribution is 2.14. The summed E-state index contributed by atoms with van der Waals surface area (Å²) in [6, 6.07) is 0. The molecular formula is C18H26N2O5. The van der Waals surface area contributed by atoms with E-state index in [0.29, 0.717) is 6.29 Å². The van der Waals surface area contributed by atoms with Gasteiger partial charge in [0.2, 0.25) is 0 Å². The first-order valence-corrected chi connectivity index (χ1v) is 8.22. The van der Waals surface area contributed by atoms with Crippen LogP contribution in [0.3, 0.4) is 0 Å². The Balaban J connectivity index is 0.000000477. The Morgan fingerprint density at radius 3 is 2.60 bits per heavy atom. The van der Waals surface area contributed by atoms with Crippen LogP contribution in [0.25, 0.3) is 0 Å². The van der Waals surface area contributed by atoms with Gasteiger partial charge >= 0.3 is 6.47 Å². The highest BCUT2D eigenvalue weighted by Gasteiger charge is 2.18. The summed E-state index contributed by atoms with van der Waals surface area (Å²) >= 11 is 0. The molecule has 1 aliphatic heterocycles. The lowest BCUT2D eigenvalue weighted by Gasteiger charge is -2.15. The van der Waals surface area contributed by atoms with Crippen molar-refractivity contribution in [1.29, 1.82) is 0 Å². The zero-order valence-corrected chi connectivity index (χ0v) is 14.9. The summed E-state index contributed by atoms with van der Waals surface area (Å²) in [5.41, 5.74) is 3.58. The molecule has 0 spiro atoms. The summed E-state index contributed by atoms with van der Waals surface area (Å²) in [7, 11) is 1.31. The average molecular weight is 350 g/mol.